The van der Waals surface area contributed by atoms with E-state index in [4.69, 9.17) is 21.4 Å². The highest BCUT2D eigenvalue weighted by atomic mass is 35.5. The molecule has 0 radical (unpaired) electrons. The molecule has 2 unspecified atom stereocenters. The van der Waals surface area contributed by atoms with E-state index in [0.29, 0.717) is 28.0 Å². The standard InChI is InChI=1S/C28H25ClN4O3S/c1-17-6-8-18(9-7-17)23-15-24(19-4-3-5-20(29)14-19)33(32-23)28-31-27(35)25(37-28)16-26(34)30-21-10-12-22(36-2)13-11-21/h3-14,24-25H,15-16H2,1-2H3,(H,30,34). The summed E-state index contributed by atoms with van der Waals surface area (Å²) in [5, 5.41) is 10.0. The average molecular weight is 533 g/mol. The Bertz CT molecular complexity index is 1390. The first-order valence-electron chi connectivity index (χ1n) is 11.8. The number of hydrogen-bond acceptors (Lipinski definition) is 6. The number of anilines is 1. The van der Waals surface area contributed by atoms with Gasteiger partial charge in [0.2, 0.25) is 5.91 Å². The number of methoxy groups -OCH3 is 1. The quantitative estimate of drug-likeness (QED) is 0.431. The fourth-order valence-corrected chi connectivity index (χ4v) is 5.50. The van der Waals surface area contributed by atoms with Crippen LogP contribution in [0.2, 0.25) is 5.02 Å². The zero-order chi connectivity index (χ0) is 25.9. The van der Waals surface area contributed by atoms with Crippen LogP contribution in [0.3, 0.4) is 0 Å². The van der Waals surface area contributed by atoms with E-state index in [1.807, 2.05) is 43.3 Å². The van der Waals surface area contributed by atoms with Crippen LogP contribution in [0.5, 0.6) is 5.75 Å². The first kappa shape index (κ1) is 25.0. The molecule has 0 aromatic heterocycles. The zero-order valence-corrected chi connectivity index (χ0v) is 21.9. The smallest absolute Gasteiger partial charge is 0.262 e. The molecule has 0 aliphatic carbocycles. The molecule has 0 spiro atoms. The first-order chi connectivity index (χ1) is 17.9. The Morgan fingerprint density at radius 3 is 2.59 bits per heavy atom. The number of aliphatic imine (C=N–C) groups is 1. The van der Waals surface area contributed by atoms with Gasteiger partial charge in [0.1, 0.15) is 11.0 Å². The topological polar surface area (TPSA) is 83.4 Å². The van der Waals surface area contributed by atoms with Crippen molar-refractivity contribution < 1.29 is 14.3 Å². The number of nitrogens with one attached hydrogen (secondary N) is 1. The first-order valence-corrected chi connectivity index (χ1v) is 13.1. The lowest BCUT2D eigenvalue weighted by molar-refractivity contribution is -0.121. The van der Waals surface area contributed by atoms with Gasteiger partial charge in [0, 0.05) is 23.6 Å². The highest BCUT2D eigenvalue weighted by Crippen LogP contribution is 2.39. The minimum atomic E-state index is -0.619. The van der Waals surface area contributed by atoms with Gasteiger partial charge >= 0.3 is 0 Å². The van der Waals surface area contributed by atoms with Gasteiger partial charge in [-0.1, -0.05) is 65.3 Å². The molecule has 188 valence electrons. The van der Waals surface area contributed by atoms with E-state index >= 15 is 0 Å². The van der Waals surface area contributed by atoms with E-state index < -0.39 is 5.25 Å². The van der Waals surface area contributed by atoms with Crippen LogP contribution in [0.15, 0.2) is 82.9 Å². The summed E-state index contributed by atoms with van der Waals surface area (Å²) in [6.45, 7) is 2.04. The normalized spacial score (nSPS) is 19.0. The Labute approximate surface area is 224 Å². The van der Waals surface area contributed by atoms with Crippen molar-refractivity contribution in [3.63, 3.8) is 0 Å². The van der Waals surface area contributed by atoms with Crippen LogP contribution < -0.4 is 10.1 Å². The summed E-state index contributed by atoms with van der Waals surface area (Å²) in [7, 11) is 1.58. The third-order valence-electron chi connectivity index (χ3n) is 6.20. The molecule has 7 nitrogen and oxygen atoms in total. The Balaban J connectivity index is 1.33. The van der Waals surface area contributed by atoms with Gasteiger partial charge in [-0.2, -0.15) is 10.1 Å². The van der Waals surface area contributed by atoms with Crippen LogP contribution in [0.1, 0.15) is 35.6 Å². The number of hydrogen-bond donors (Lipinski definition) is 1. The number of rotatable bonds is 6. The largest absolute Gasteiger partial charge is 0.497 e. The molecule has 3 aromatic rings. The van der Waals surface area contributed by atoms with Gasteiger partial charge in [0.15, 0.2) is 5.17 Å². The van der Waals surface area contributed by atoms with E-state index in [0.717, 1.165) is 16.8 Å². The van der Waals surface area contributed by atoms with Crippen molar-refractivity contribution in [2.45, 2.75) is 31.1 Å². The molecule has 0 saturated carbocycles. The summed E-state index contributed by atoms with van der Waals surface area (Å²) >= 11 is 7.56. The number of aryl methyl sites for hydroxylation is 1. The molecule has 0 saturated heterocycles. The van der Waals surface area contributed by atoms with Crippen molar-refractivity contribution in [2.75, 3.05) is 12.4 Å². The van der Waals surface area contributed by atoms with Crippen molar-refractivity contribution in [1.82, 2.24) is 5.01 Å². The molecule has 0 bridgehead atoms. The second kappa shape index (κ2) is 10.8. The predicted molar refractivity (Wildman–Crippen MR) is 148 cm³/mol. The van der Waals surface area contributed by atoms with E-state index in [9.17, 15) is 9.59 Å². The molecule has 2 aliphatic heterocycles. The number of nitrogens with zero attached hydrogens (tertiary/aromatic N) is 3. The second-order valence-corrected chi connectivity index (χ2v) is 10.5. The lowest BCUT2D eigenvalue weighted by atomic mass is 9.98. The van der Waals surface area contributed by atoms with E-state index in [1.54, 1.807) is 36.4 Å². The predicted octanol–water partition coefficient (Wildman–Crippen LogP) is 5.83. The van der Waals surface area contributed by atoms with Gasteiger partial charge in [-0.3, -0.25) is 9.59 Å². The molecule has 2 aliphatic rings. The third kappa shape index (κ3) is 5.70. The molecule has 3 aromatic carbocycles. The second-order valence-electron chi connectivity index (χ2n) is 8.85. The van der Waals surface area contributed by atoms with Gasteiger partial charge in [-0.15, -0.1) is 0 Å². The van der Waals surface area contributed by atoms with Crippen molar-refractivity contribution in [3.05, 3.63) is 94.5 Å². The maximum absolute atomic E-state index is 12.8. The summed E-state index contributed by atoms with van der Waals surface area (Å²) < 4.78 is 5.15. The number of amides is 2. The molecule has 2 heterocycles. The van der Waals surface area contributed by atoms with E-state index in [1.165, 1.54) is 17.3 Å². The molecule has 1 N–H and O–H groups in total. The minimum absolute atomic E-state index is 0.00668. The van der Waals surface area contributed by atoms with Crippen LogP contribution in [0, 0.1) is 6.92 Å². The van der Waals surface area contributed by atoms with Crippen molar-refractivity contribution in [3.8, 4) is 5.75 Å². The van der Waals surface area contributed by atoms with Gasteiger partial charge in [0.05, 0.1) is 18.9 Å². The van der Waals surface area contributed by atoms with Crippen molar-refractivity contribution >= 4 is 51.7 Å². The maximum atomic E-state index is 12.8. The Morgan fingerprint density at radius 2 is 1.89 bits per heavy atom. The van der Waals surface area contributed by atoms with Crippen LogP contribution in [0.25, 0.3) is 0 Å². The summed E-state index contributed by atoms with van der Waals surface area (Å²) in [6.07, 6.45) is 0.645. The van der Waals surface area contributed by atoms with E-state index in [2.05, 4.69) is 22.4 Å². The number of amidine groups is 1. The van der Waals surface area contributed by atoms with E-state index in [-0.39, 0.29) is 24.3 Å². The molecular formula is C28H25ClN4O3S. The Hall–Kier alpha value is -3.62. The summed E-state index contributed by atoms with van der Waals surface area (Å²) in [5.74, 6) is 0.0980. The van der Waals surface area contributed by atoms with Crippen LogP contribution in [0.4, 0.5) is 5.69 Å². The number of thioether (sulfide) groups is 1. The summed E-state index contributed by atoms with van der Waals surface area (Å²) in [6, 6.07) is 22.7. The van der Waals surface area contributed by atoms with Gasteiger partial charge in [-0.25, -0.2) is 5.01 Å². The van der Waals surface area contributed by atoms with Crippen LogP contribution in [-0.4, -0.2) is 40.1 Å². The van der Waals surface area contributed by atoms with Crippen molar-refractivity contribution in [1.29, 1.82) is 0 Å². The fourth-order valence-electron chi connectivity index (χ4n) is 4.24. The van der Waals surface area contributed by atoms with Crippen molar-refractivity contribution in [2.24, 2.45) is 10.1 Å². The molecule has 5 rings (SSSR count). The maximum Gasteiger partial charge on any atom is 0.262 e. The lowest BCUT2D eigenvalue weighted by Crippen LogP contribution is -2.25. The third-order valence-corrected chi connectivity index (χ3v) is 7.58. The highest BCUT2D eigenvalue weighted by molar-refractivity contribution is 8.15. The number of halogens is 1. The summed E-state index contributed by atoms with van der Waals surface area (Å²) in [5.41, 5.74) is 4.71. The molecular weight excluding hydrogens is 508 g/mol. The minimum Gasteiger partial charge on any atom is -0.497 e. The van der Waals surface area contributed by atoms with Gasteiger partial charge < -0.3 is 10.1 Å². The van der Waals surface area contributed by atoms with Gasteiger partial charge in [0.25, 0.3) is 5.91 Å². The Kier molecular flexibility index (Phi) is 7.30. The molecule has 2 atom stereocenters. The highest BCUT2D eigenvalue weighted by Gasteiger charge is 2.39. The number of benzene rings is 3. The Morgan fingerprint density at radius 1 is 1.14 bits per heavy atom. The van der Waals surface area contributed by atoms with Crippen LogP contribution in [-0.2, 0) is 9.59 Å². The molecule has 2 amide bonds. The van der Waals surface area contributed by atoms with Crippen LogP contribution >= 0.6 is 23.4 Å². The molecule has 9 heteroatoms. The zero-order valence-electron chi connectivity index (χ0n) is 20.3. The average Bonchev–Trinajstić information content (AvgIpc) is 3.49. The number of carbonyl (C=O) groups excluding carboxylic acids is 2. The fraction of sp³-hybridized carbons (Fsp3) is 0.214. The SMILES string of the molecule is COc1ccc(NC(=O)CC2SC(N3N=C(c4ccc(C)cc4)CC3c3cccc(Cl)c3)=NC2=O)cc1. The monoisotopic (exact) mass is 532 g/mol. The molecule has 0 fully saturated rings. The number of carbonyl (C=O) groups is 2. The molecule has 37 heavy (non-hydrogen) atoms. The summed E-state index contributed by atoms with van der Waals surface area (Å²) in [4.78, 5) is 29.8. The van der Waals surface area contributed by atoms with Gasteiger partial charge in [-0.05, 0) is 54.4 Å². The lowest BCUT2D eigenvalue weighted by Gasteiger charge is -2.23. The number of ether oxygens (including phenoxy) is 1. The number of hydrazone groups is 1.